The van der Waals surface area contributed by atoms with Crippen molar-refractivity contribution in [3.05, 3.63) is 70.1 Å². The van der Waals surface area contributed by atoms with E-state index in [1.165, 1.54) is 30.3 Å². The molecule has 3 aromatic rings. The van der Waals surface area contributed by atoms with E-state index in [1.807, 2.05) is 6.07 Å². The number of thiophene rings is 1. The first-order valence-electron chi connectivity index (χ1n) is 8.75. The van der Waals surface area contributed by atoms with Gasteiger partial charge in [0, 0.05) is 10.7 Å². The lowest BCUT2D eigenvalue weighted by molar-refractivity contribution is -0.119. The van der Waals surface area contributed by atoms with Gasteiger partial charge in [0.1, 0.15) is 21.6 Å². The van der Waals surface area contributed by atoms with Gasteiger partial charge in [0.15, 0.2) is 6.61 Å². The number of halogens is 1. The number of anilines is 2. The lowest BCUT2D eigenvalue weighted by Gasteiger charge is -2.11. The maximum Gasteiger partial charge on any atom is 0.342 e. The smallest absolute Gasteiger partial charge is 0.342 e. The van der Waals surface area contributed by atoms with E-state index in [4.69, 9.17) is 21.6 Å². The van der Waals surface area contributed by atoms with Crippen LogP contribution in [0.1, 0.15) is 15.9 Å². The van der Waals surface area contributed by atoms with Crippen LogP contribution >= 0.6 is 22.9 Å². The Bertz CT molecular complexity index is 1320. The van der Waals surface area contributed by atoms with Crippen molar-refractivity contribution in [1.29, 1.82) is 5.26 Å². The molecule has 0 radical (unpaired) electrons. The number of carbonyl (C=O) groups excluding carboxylic acids is 2. The lowest BCUT2D eigenvalue weighted by atomic mass is 10.2. The van der Waals surface area contributed by atoms with Gasteiger partial charge >= 0.3 is 5.97 Å². The summed E-state index contributed by atoms with van der Waals surface area (Å²) >= 11 is 6.87. The minimum absolute atomic E-state index is 0.0187. The second-order valence-corrected chi connectivity index (χ2v) is 9.49. The van der Waals surface area contributed by atoms with Gasteiger partial charge < -0.3 is 15.2 Å². The second kappa shape index (κ2) is 9.69. The lowest BCUT2D eigenvalue weighted by Crippen LogP contribution is -2.21. The molecule has 12 heteroatoms. The molecule has 3 rings (SSSR count). The monoisotopic (exact) mass is 491 g/mol. The summed E-state index contributed by atoms with van der Waals surface area (Å²) in [7, 11) is -3.86. The van der Waals surface area contributed by atoms with Crippen molar-refractivity contribution in [3.63, 3.8) is 0 Å². The minimum atomic E-state index is -3.86. The first-order chi connectivity index (χ1) is 15.2. The number of hydrogen-bond acceptors (Lipinski definition) is 8. The Morgan fingerprint density at radius 3 is 2.66 bits per heavy atom. The van der Waals surface area contributed by atoms with Crippen molar-refractivity contribution >= 4 is 56.2 Å². The van der Waals surface area contributed by atoms with Crippen LogP contribution in [0.4, 0.5) is 11.4 Å². The molecule has 0 saturated carbocycles. The Balaban J connectivity index is 1.68. The number of amides is 1. The molecule has 0 aliphatic rings. The molecular weight excluding hydrogens is 478 g/mol. The van der Waals surface area contributed by atoms with Gasteiger partial charge in [-0.05, 0) is 47.8 Å². The largest absolute Gasteiger partial charge is 0.507 e. The maximum atomic E-state index is 12.3. The number of nitriles is 1. The van der Waals surface area contributed by atoms with Crippen molar-refractivity contribution in [2.45, 2.75) is 4.21 Å². The fourth-order valence-corrected chi connectivity index (χ4v) is 4.71. The molecule has 0 atom stereocenters. The third-order valence-corrected chi connectivity index (χ3v) is 6.95. The van der Waals surface area contributed by atoms with Gasteiger partial charge in [-0.2, -0.15) is 5.26 Å². The molecule has 164 valence electrons. The van der Waals surface area contributed by atoms with Crippen LogP contribution in [0.15, 0.2) is 58.1 Å². The molecule has 2 aromatic carbocycles. The quantitative estimate of drug-likeness (QED) is 0.338. The molecule has 0 bridgehead atoms. The van der Waals surface area contributed by atoms with Crippen LogP contribution < -0.4 is 10.0 Å². The van der Waals surface area contributed by atoms with Crippen LogP contribution in [0.25, 0.3) is 0 Å². The number of phenolic OH excluding ortho intramolecular Hbond substituents is 1. The molecule has 9 nitrogen and oxygen atoms in total. The van der Waals surface area contributed by atoms with Crippen LogP contribution in [0.5, 0.6) is 5.75 Å². The minimum Gasteiger partial charge on any atom is -0.507 e. The number of esters is 1. The third-order valence-electron chi connectivity index (χ3n) is 3.94. The molecule has 1 amide bonds. The first-order valence-corrected chi connectivity index (χ1v) is 11.5. The van der Waals surface area contributed by atoms with Gasteiger partial charge in [-0.15, -0.1) is 11.3 Å². The van der Waals surface area contributed by atoms with Crippen LogP contribution in [0.2, 0.25) is 5.02 Å². The Hall–Kier alpha value is -3.59. The SMILES string of the molecule is N#Cc1ccc(Cl)cc1NC(=O)COC(=O)c1cc(NS(=O)(=O)c2cccs2)ccc1O. The molecule has 32 heavy (non-hydrogen) atoms. The van der Waals surface area contributed by atoms with Crippen molar-refractivity contribution in [3.8, 4) is 11.8 Å². The number of rotatable bonds is 7. The number of ether oxygens (including phenoxy) is 1. The molecule has 0 saturated heterocycles. The summed E-state index contributed by atoms with van der Waals surface area (Å²) in [6.45, 7) is -0.721. The van der Waals surface area contributed by atoms with Gasteiger partial charge in [0.25, 0.3) is 15.9 Å². The average molecular weight is 492 g/mol. The average Bonchev–Trinajstić information content (AvgIpc) is 3.29. The highest BCUT2D eigenvalue weighted by molar-refractivity contribution is 7.94. The van der Waals surface area contributed by atoms with Gasteiger partial charge in [-0.25, -0.2) is 13.2 Å². The Kier molecular flexibility index (Phi) is 6.99. The fraction of sp³-hybridized carbons (Fsp3) is 0.0500. The highest BCUT2D eigenvalue weighted by atomic mass is 35.5. The number of aromatic hydroxyl groups is 1. The zero-order valence-corrected chi connectivity index (χ0v) is 18.4. The number of carbonyl (C=O) groups is 2. The standard InChI is InChI=1S/C20H14ClN3O6S2/c21-13-4-3-12(10-22)16(8-13)23-18(26)11-30-20(27)15-9-14(5-6-17(15)25)24-32(28,29)19-2-1-7-31-19/h1-9,24-25H,11H2,(H,23,26). The number of phenols is 1. The molecule has 0 aliphatic carbocycles. The molecular formula is C20H14ClN3O6S2. The summed E-state index contributed by atoms with van der Waals surface area (Å²) in [5.74, 6) is -2.26. The van der Waals surface area contributed by atoms with Gasteiger partial charge in [0.05, 0.1) is 11.3 Å². The molecule has 0 fully saturated rings. The Morgan fingerprint density at radius 2 is 1.97 bits per heavy atom. The van der Waals surface area contributed by atoms with Gasteiger partial charge in [-0.3, -0.25) is 9.52 Å². The van der Waals surface area contributed by atoms with Crippen molar-refractivity contribution < 1.29 is 27.9 Å². The van der Waals surface area contributed by atoms with Gasteiger partial charge in [-0.1, -0.05) is 17.7 Å². The summed E-state index contributed by atoms with van der Waals surface area (Å²) < 4.78 is 31.9. The molecule has 1 heterocycles. The van der Waals surface area contributed by atoms with E-state index in [1.54, 1.807) is 11.4 Å². The van der Waals surface area contributed by atoms with Crippen LogP contribution in [-0.4, -0.2) is 32.0 Å². The third kappa shape index (κ3) is 5.55. The predicted molar refractivity (Wildman–Crippen MR) is 118 cm³/mol. The number of hydrogen-bond donors (Lipinski definition) is 3. The summed E-state index contributed by atoms with van der Waals surface area (Å²) in [5, 5.41) is 23.3. The first kappa shape index (κ1) is 23.1. The zero-order valence-electron chi connectivity index (χ0n) is 16.0. The second-order valence-electron chi connectivity index (χ2n) is 6.20. The highest BCUT2D eigenvalue weighted by Gasteiger charge is 2.19. The normalized spacial score (nSPS) is 10.8. The number of benzene rings is 2. The number of nitrogens with one attached hydrogen (secondary N) is 2. The van der Waals surface area contributed by atoms with Crippen LogP contribution in [0.3, 0.4) is 0 Å². The Morgan fingerprint density at radius 1 is 1.19 bits per heavy atom. The van der Waals surface area contributed by atoms with Crippen LogP contribution in [0, 0.1) is 11.3 Å². The summed E-state index contributed by atoms with van der Waals surface area (Å²) in [6, 6.07) is 12.6. The number of nitrogens with zero attached hydrogens (tertiary/aromatic N) is 1. The van der Waals surface area contributed by atoms with Gasteiger partial charge in [0.2, 0.25) is 0 Å². The molecule has 0 spiro atoms. The molecule has 0 unspecified atom stereocenters. The van der Waals surface area contributed by atoms with E-state index >= 15 is 0 Å². The van der Waals surface area contributed by atoms with E-state index in [2.05, 4.69) is 10.0 Å². The van der Waals surface area contributed by atoms with E-state index in [0.29, 0.717) is 5.02 Å². The Labute approximate surface area is 191 Å². The number of sulfonamides is 1. The van der Waals surface area contributed by atoms with Crippen molar-refractivity contribution in [1.82, 2.24) is 0 Å². The summed E-state index contributed by atoms with van der Waals surface area (Å²) in [5.41, 5.74) is -0.0128. The molecule has 1 aromatic heterocycles. The van der Waals surface area contributed by atoms with Crippen molar-refractivity contribution in [2.24, 2.45) is 0 Å². The topological polar surface area (TPSA) is 146 Å². The molecule has 3 N–H and O–H groups in total. The van der Waals surface area contributed by atoms with E-state index in [9.17, 15) is 23.1 Å². The van der Waals surface area contributed by atoms with E-state index in [0.717, 1.165) is 23.5 Å². The van der Waals surface area contributed by atoms with Crippen molar-refractivity contribution in [2.75, 3.05) is 16.6 Å². The summed E-state index contributed by atoms with van der Waals surface area (Å²) in [6.07, 6.45) is 0. The predicted octanol–water partition coefficient (Wildman–Crippen LogP) is 3.58. The zero-order chi connectivity index (χ0) is 23.3. The highest BCUT2D eigenvalue weighted by Crippen LogP contribution is 2.26. The summed E-state index contributed by atoms with van der Waals surface area (Å²) in [4.78, 5) is 24.4. The fourth-order valence-electron chi connectivity index (χ4n) is 2.50. The van der Waals surface area contributed by atoms with Crippen LogP contribution in [-0.2, 0) is 19.6 Å². The maximum absolute atomic E-state index is 12.3. The van der Waals surface area contributed by atoms with E-state index in [-0.39, 0.29) is 26.7 Å². The molecule has 0 aliphatic heterocycles. The van der Waals surface area contributed by atoms with E-state index < -0.39 is 34.3 Å².